The molecular weight excluding hydrogens is 448 g/mol. The van der Waals surface area contributed by atoms with Crippen molar-refractivity contribution >= 4 is 44.5 Å². The summed E-state index contributed by atoms with van der Waals surface area (Å²) in [6.45, 7) is 2.38. The maximum Gasteiger partial charge on any atom is 0.263 e. The van der Waals surface area contributed by atoms with Gasteiger partial charge < -0.3 is 14.8 Å². The fourth-order valence-corrected chi connectivity index (χ4v) is 4.81. The molecule has 0 aliphatic heterocycles. The van der Waals surface area contributed by atoms with E-state index in [9.17, 15) is 4.79 Å². The number of amides is 1. The Bertz CT molecular complexity index is 939. The minimum atomic E-state index is -0.0944. The summed E-state index contributed by atoms with van der Waals surface area (Å²) >= 11 is 6.59. The fourth-order valence-electron chi connectivity index (χ4n) is 2.60. The van der Waals surface area contributed by atoms with E-state index in [2.05, 4.69) is 26.2 Å². The van der Waals surface area contributed by atoms with Gasteiger partial charge in [-0.2, -0.15) is 11.3 Å². The molecule has 8 heteroatoms. The number of nitrogens with one attached hydrogen (secondary N) is 1. The summed E-state index contributed by atoms with van der Waals surface area (Å²) in [4.78, 5) is 17.7. The average Bonchev–Trinajstić information content (AvgIpc) is 3.32. The van der Waals surface area contributed by atoms with Crippen molar-refractivity contribution in [2.45, 2.75) is 13.3 Å². The summed E-state index contributed by atoms with van der Waals surface area (Å²) in [5, 5.41) is 7.90. The van der Waals surface area contributed by atoms with Gasteiger partial charge in [0.25, 0.3) is 5.91 Å². The van der Waals surface area contributed by atoms with Crippen LogP contribution in [0.2, 0.25) is 0 Å². The van der Waals surface area contributed by atoms with Crippen LogP contribution in [0, 0.1) is 6.92 Å². The number of carbonyl (C=O) groups excluding carboxylic acids is 1. The maximum atomic E-state index is 12.6. The molecule has 0 unspecified atom stereocenters. The van der Waals surface area contributed by atoms with E-state index in [0.29, 0.717) is 29.3 Å². The van der Waals surface area contributed by atoms with Gasteiger partial charge in [0.15, 0.2) is 11.5 Å². The lowest BCUT2D eigenvalue weighted by molar-refractivity contribution is 0.0957. The molecule has 1 amide bonds. The summed E-state index contributed by atoms with van der Waals surface area (Å²) in [7, 11) is 3.21. The first-order valence-electron chi connectivity index (χ1n) is 8.22. The second-order valence-electron chi connectivity index (χ2n) is 5.75. The molecule has 2 aromatic heterocycles. The molecule has 0 aliphatic carbocycles. The number of hydrogen-bond donors (Lipinski definition) is 1. The smallest absolute Gasteiger partial charge is 0.263 e. The summed E-state index contributed by atoms with van der Waals surface area (Å²) in [6, 6.07) is 5.80. The Kier molecular flexibility index (Phi) is 6.51. The number of aromatic nitrogens is 1. The number of carbonyl (C=O) groups is 1. The summed E-state index contributed by atoms with van der Waals surface area (Å²) < 4.78 is 11.6. The van der Waals surface area contributed by atoms with Crippen LogP contribution in [0.4, 0.5) is 0 Å². The zero-order chi connectivity index (χ0) is 19.4. The van der Waals surface area contributed by atoms with Gasteiger partial charge in [-0.05, 0) is 42.5 Å². The first kappa shape index (κ1) is 19.9. The number of nitrogens with zero attached hydrogens (tertiary/aromatic N) is 1. The van der Waals surface area contributed by atoms with Crippen LogP contribution in [0.5, 0.6) is 11.5 Å². The quantitative estimate of drug-likeness (QED) is 0.535. The Hall–Kier alpha value is -1.90. The highest BCUT2D eigenvalue weighted by Gasteiger charge is 2.16. The lowest BCUT2D eigenvalue weighted by Gasteiger charge is -2.12. The third-order valence-electron chi connectivity index (χ3n) is 4.00. The average molecular weight is 467 g/mol. The molecule has 0 aliphatic rings. The molecule has 3 rings (SSSR count). The van der Waals surface area contributed by atoms with Gasteiger partial charge in [-0.1, -0.05) is 15.9 Å². The second-order valence-corrected chi connectivity index (χ2v) is 8.38. The van der Waals surface area contributed by atoms with Gasteiger partial charge >= 0.3 is 0 Å². The van der Waals surface area contributed by atoms with Gasteiger partial charge in [-0.15, -0.1) is 11.3 Å². The molecule has 1 N–H and O–H groups in total. The SMILES string of the molecule is COc1cc(Br)c(CCNC(=O)c2sc(-c3ccsc3)nc2C)cc1OC. The topological polar surface area (TPSA) is 60.5 Å². The van der Waals surface area contributed by atoms with Crippen LogP contribution in [-0.2, 0) is 6.42 Å². The van der Waals surface area contributed by atoms with Crippen molar-refractivity contribution in [3.63, 3.8) is 0 Å². The van der Waals surface area contributed by atoms with E-state index in [-0.39, 0.29) is 5.91 Å². The van der Waals surface area contributed by atoms with Crippen LogP contribution in [-0.4, -0.2) is 31.7 Å². The van der Waals surface area contributed by atoms with E-state index in [1.165, 1.54) is 11.3 Å². The Morgan fingerprint density at radius 2 is 2.00 bits per heavy atom. The predicted molar refractivity (Wildman–Crippen MR) is 113 cm³/mol. The molecule has 0 bridgehead atoms. The van der Waals surface area contributed by atoms with Crippen molar-refractivity contribution in [1.29, 1.82) is 0 Å². The van der Waals surface area contributed by atoms with Crippen LogP contribution in [0.15, 0.2) is 33.4 Å². The Balaban J connectivity index is 1.65. The van der Waals surface area contributed by atoms with Crippen molar-refractivity contribution in [2.24, 2.45) is 0 Å². The van der Waals surface area contributed by atoms with E-state index in [0.717, 1.165) is 26.3 Å². The highest BCUT2D eigenvalue weighted by Crippen LogP contribution is 2.33. The molecule has 0 radical (unpaired) electrons. The van der Waals surface area contributed by atoms with Gasteiger partial charge in [-0.3, -0.25) is 4.79 Å². The van der Waals surface area contributed by atoms with Crippen LogP contribution >= 0.6 is 38.6 Å². The molecule has 0 atom stereocenters. The van der Waals surface area contributed by atoms with E-state index in [1.807, 2.05) is 35.9 Å². The number of benzene rings is 1. The van der Waals surface area contributed by atoms with Gasteiger partial charge in [0.1, 0.15) is 9.88 Å². The molecule has 3 aromatic rings. The van der Waals surface area contributed by atoms with Crippen LogP contribution < -0.4 is 14.8 Å². The van der Waals surface area contributed by atoms with E-state index < -0.39 is 0 Å². The molecule has 0 saturated carbocycles. The molecule has 0 fully saturated rings. The zero-order valence-corrected chi connectivity index (χ0v) is 18.4. The number of methoxy groups -OCH3 is 2. The van der Waals surface area contributed by atoms with Crippen molar-refractivity contribution in [3.05, 3.63) is 49.6 Å². The maximum absolute atomic E-state index is 12.6. The van der Waals surface area contributed by atoms with Gasteiger partial charge in [-0.25, -0.2) is 4.98 Å². The highest BCUT2D eigenvalue weighted by atomic mass is 79.9. The Morgan fingerprint density at radius 3 is 2.67 bits per heavy atom. The van der Waals surface area contributed by atoms with E-state index in [4.69, 9.17) is 9.47 Å². The molecule has 5 nitrogen and oxygen atoms in total. The molecule has 142 valence electrons. The normalized spacial score (nSPS) is 10.7. The first-order valence-corrected chi connectivity index (χ1v) is 10.8. The van der Waals surface area contributed by atoms with Gasteiger partial charge in [0, 0.05) is 22.0 Å². The molecule has 27 heavy (non-hydrogen) atoms. The highest BCUT2D eigenvalue weighted by molar-refractivity contribution is 9.10. The number of aryl methyl sites for hydroxylation is 1. The largest absolute Gasteiger partial charge is 0.493 e. The predicted octanol–water partition coefficient (Wildman–Crippen LogP) is 4.93. The van der Waals surface area contributed by atoms with Crippen LogP contribution in [0.25, 0.3) is 10.6 Å². The zero-order valence-electron chi connectivity index (χ0n) is 15.2. The summed E-state index contributed by atoms with van der Waals surface area (Å²) in [6.07, 6.45) is 0.669. The second kappa shape index (κ2) is 8.86. The number of thiazole rings is 1. The molecule has 0 spiro atoms. The fraction of sp³-hybridized carbons (Fsp3) is 0.263. The summed E-state index contributed by atoms with van der Waals surface area (Å²) in [5.41, 5.74) is 2.85. The van der Waals surface area contributed by atoms with E-state index >= 15 is 0 Å². The van der Waals surface area contributed by atoms with Crippen molar-refractivity contribution < 1.29 is 14.3 Å². The van der Waals surface area contributed by atoms with Crippen LogP contribution in [0.3, 0.4) is 0 Å². The first-order chi connectivity index (χ1) is 13.0. The number of thiophene rings is 1. The summed E-state index contributed by atoms with van der Waals surface area (Å²) in [5.74, 6) is 1.24. The third kappa shape index (κ3) is 4.51. The van der Waals surface area contributed by atoms with Gasteiger partial charge in [0.2, 0.25) is 0 Å². The number of ether oxygens (including phenoxy) is 2. The minimum Gasteiger partial charge on any atom is -0.493 e. The molecule has 0 saturated heterocycles. The van der Waals surface area contributed by atoms with Crippen LogP contribution in [0.1, 0.15) is 20.9 Å². The molecule has 2 heterocycles. The third-order valence-corrected chi connectivity index (χ3v) is 6.63. The Morgan fingerprint density at radius 1 is 1.26 bits per heavy atom. The van der Waals surface area contributed by atoms with Gasteiger partial charge in [0.05, 0.1) is 19.9 Å². The van der Waals surface area contributed by atoms with Crippen molar-refractivity contribution in [1.82, 2.24) is 10.3 Å². The number of rotatable bonds is 7. The number of halogens is 1. The van der Waals surface area contributed by atoms with E-state index in [1.54, 1.807) is 25.6 Å². The lowest BCUT2D eigenvalue weighted by atomic mass is 10.1. The molecule has 1 aromatic carbocycles. The monoisotopic (exact) mass is 466 g/mol. The Labute approximate surface area is 174 Å². The molecular formula is C19H19BrN2O3S2. The lowest BCUT2D eigenvalue weighted by Crippen LogP contribution is -2.25. The minimum absolute atomic E-state index is 0.0944. The standard InChI is InChI=1S/C19H19BrN2O3S2/c1-11-17(27-19(22-11)13-5-7-26-10-13)18(23)21-6-4-12-8-15(24-2)16(25-3)9-14(12)20/h5,7-10H,4,6H2,1-3H3,(H,21,23). The van der Waals surface area contributed by atoms with Crippen molar-refractivity contribution in [3.8, 4) is 22.1 Å². The number of hydrogen-bond acceptors (Lipinski definition) is 6. The van der Waals surface area contributed by atoms with Crippen molar-refractivity contribution in [2.75, 3.05) is 20.8 Å².